The van der Waals surface area contributed by atoms with Crippen LogP contribution in [0.5, 0.6) is 0 Å². The summed E-state index contributed by atoms with van der Waals surface area (Å²) in [7, 11) is 2.08. The fourth-order valence-corrected chi connectivity index (χ4v) is 4.61. The average Bonchev–Trinajstić information content (AvgIpc) is 3.20. The monoisotopic (exact) mass is 370 g/mol. The van der Waals surface area contributed by atoms with E-state index in [1.165, 1.54) is 0 Å². The molecule has 0 bridgehead atoms. The molecule has 0 aromatic heterocycles. The van der Waals surface area contributed by atoms with Crippen molar-refractivity contribution >= 4 is 17.7 Å². The quantitative estimate of drug-likeness (QED) is 0.763. The van der Waals surface area contributed by atoms with Gasteiger partial charge in [0.1, 0.15) is 6.04 Å². The first kappa shape index (κ1) is 18.1. The summed E-state index contributed by atoms with van der Waals surface area (Å²) in [5.41, 5.74) is 8.71. The normalized spacial score (nSPS) is 28.0. The molecule has 1 aromatic carbocycles. The molecule has 4 rings (SSSR count). The molecular weight excluding hydrogens is 344 g/mol. The van der Waals surface area contributed by atoms with Gasteiger partial charge >= 0.3 is 0 Å². The predicted octanol–water partition coefficient (Wildman–Crippen LogP) is 0.759. The highest BCUT2D eigenvalue weighted by Gasteiger charge is 2.40. The van der Waals surface area contributed by atoms with E-state index < -0.39 is 6.04 Å². The summed E-state index contributed by atoms with van der Waals surface area (Å²) in [5, 5.41) is 2.35. The molecule has 0 radical (unpaired) electrons. The second-order valence-corrected chi connectivity index (χ2v) is 7.99. The van der Waals surface area contributed by atoms with Gasteiger partial charge in [0.2, 0.25) is 11.8 Å². The van der Waals surface area contributed by atoms with Gasteiger partial charge < -0.3 is 10.6 Å². The SMILES string of the molecule is CN(Cc1cccc2c1C(=O)N(C1CCC(=O)NC1=O)C2)C1CCC(N)C1. The molecule has 7 heteroatoms. The Hall–Kier alpha value is -2.25. The maximum Gasteiger partial charge on any atom is 0.255 e. The van der Waals surface area contributed by atoms with E-state index in [2.05, 4.69) is 17.3 Å². The van der Waals surface area contributed by atoms with Gasteiger partial charge in [-0.1, -0.05) is 18.2 Å². The van der Waals surface area contributed by atoms with Crippen LogP contribution < -0.4 is 11.1 Å². The first-order valence-electron chi connectivity index (χ1n) is 9.65. The Kier molecular flexibility index (Phi) is 4.74. The lowest BCUT2D eigenvalue weighted by Crippen LogP contribution is -2.52. The second kappa shape index (κ2) is 7.05. The standard InChI is InChI=1S/C20H26N4O3/c1-23(15-6-5-14(21)9-15)10-12-3-2-4-13-11-24(20(27)18(12)13)16-7-8-17(25)22-19(16)26/h2-4,14-16H,5-11,21H2,1H3,(H,22,25,26). The Bertz CT molecular complexity index is 793. The first-order chi connectivity index (χ1) is 12.9. The Balaban J connectivity index is 1.53. The maximum atomic E-state index is 13.1. The van der Waals surface area contributed by atoms with Gasteiger partial charge in [0.05, 0.1) is 0 Å². The predicted molar refractivity (Wildman–Crippen MR) is 99.6 cm³/mol. The third-order valence-corrected chi connectivity index (χ3v) is 6.13. The number of piperidine rings is 1. The van der Waals surface area contributed by atoms with Crippen LogP contribution in [0.1, 0.15) is 53.6 Å². The van der Waals surface area contributed by atoms with Crippen LogP contribution >= 0.6 is 0 Å². The second-order valence-electron chi connectivity index (χ2n) is 7.99. The summed E-state index contributed by atoms with van der Waals surface area (Å²) in [6.07, 6.45) is 3.78. The number of benzene rings is 1. The molecule has 3 amide bonds. The van der Waals surface area contributed by atoms with Crippen molar-refractivity contribution in [1.29, 1.82) is 0 Å². The number of carbonyl (C=O) groups is 3. The number of fused-ring (bicyclic) bond motifs is 1. The number of nitrogens with zero attached hydrogens (tertiary/aromatic N) is 2. The third-order valence-electron chi connectivity index (χ3n) is 6.13. The molecule has 7 nitrogen and oxygen atoms in total. The summed E-state index contributed by atoms with van der Waals surface area (Å²) >= 11 is 0. The summed E-state index contributed by atoms with van der Waals surface area (Å²) < 4.78 is 0. The number of carbonyl (C=O) groups excluding carboxylic acids is 3. The van der Waals surface area contributed by atoms with Gasteiger partial charge in [0.25, 0.3) is 5.91 Å². The molecule has 2 aliphatic heterocycles. The summed E-state index contributed by atoms with van der Waals surface area (Å²) in [6.45, 7) is 1.11. The van der Waals surface area contributed by atoms with Gasteiger partial charge in [0, 0.05) is 37.2 Å². The minimum Gasteiger partial charge on any atom is -0.328 e. The summed E-state index contributed by atoms with van der Waals surface area (Å²) in [5.74, 6) is -0.741. The van der Waals surface area contributed by atoms with Crippen LogP contribution in [0.25, 0.3) is 0 Å². The van der Waals surface area contributed by atoms with E-state index in [-0.39, 0.29) is 30.2 Å². The number of amides is 3. The number of imide groups is 1. The van der Waals surface area contributed by atoms with Gasteiger partial charge in [-0.05, 0) is 43.9 Å². The fraction of sp³-hybridized carbons (Fsp3) is 0.550. The van der Waals surface area contributed by atoms with Crippen molar-refractivity contribution in [2.24, 2.45) is 5.73 Å². The van der Waals surface area contributed by atoms with Crippen molar-refractivity contribution in [2.45, 2.75) is 63.3 Å². The van der Waals surface area contributed by atoms with Crippen LogP contribution in [0.15, 0.2) is 18.2 Å². The number of nitrogens with two attached hydrogens (primary N) is 1. The fourth-order valence-electron chi connectivity index (χ4n) is 4.61. The van der Waals surface area contributed by atoms with Crippen molar-refractivity contribution < 1.29 is 14.4 Å². The molecule has 2 fully saturated rings. The van der Waals surface area contributed by atoms with E-state index in [0.717, 1.165) is 36.0 Å². The van der Waals surface area contributed by atoms with Crippen molar-refractivity contribution in [2.75, 3.05) is 7.05 Å². The van der Waals surface area contributed by atoms with Gasteiger partial charge in [-0.25, -0.2) is 0 Å². The summed E-state index contributed by atoms with van der Waals surface area (Å²) in [6, 6.07) is 6.07. The molecule has 3 N–H and O–H groups in total. The zero-order valence-electron chi connectivity index (χ0n) is 15.6. The average molecular weight is 370 g/mol. The smallest absolute Gasteiger partial charge is 0.255 e. The van der Waals surface area contributed by atoms with Crippen LogP contribution in [0, 0.1) is 0 Å². The highest BCUT2D eigenvalue weighted by Crippen LogP contribution is 2.31. The van der Waals surface area contributed by atoms with E-state index in [9.17, 15) is 14.4 Å². The molecule has 2 heterocycles. The van der Waals surface area contributed by atoms with Crippen molar-refractivity contribution in [3.05, 3.63) is 34.9 Å². The molecule has 1 saturated heterocycles. The maximum absolute atomic E-state index is 13.1. The molecule has 1 aliphatic carbocycles. The van der Waals surface area contributed by atoms with Crippen molar-refractivity contribution in [1.82, 2.24) is 15.1 Å². The molecule has 1 saturated carbocycles. The third kappa shape index (κ3) is 3.37. The Morgan fingerprint density at radius 2 is 2.04 bits per heavy atom. The largest absolute Gasteiger partial charge is 0.328 e. The first-order valence-corrected chi connectivity index (χ1v) is 9.65. The number of hydrogen-bond donors (Lipinski definition) is 2. The Labute approximate surface area is 158 Å². The molecule has 0 spiro atoms. The lowest BCUT2D eigenvalue weighted by Gasteiger charge is -2.29. The number of hydrogen-bond acceptors (Lipinski definition) is 5. The van der Waals surface area contributed by atoms with Crippen molar-refractivity contribution in [3.63, 3.8) is 0 Å². The van der Waals surface area contributed by atoms with E-state index in [0.29, 0.717) is 25.6 Å². The highest BCUT2D eigenvalue weighted by molar-refractivity contribution is 6.05. The van der Waals surface area contributed by atoms with Crippen LogP contribution in [0.3, 0.4) is 0 Å². The molecule has 3 atom stereocenters. The van der Waals surface area contributed by atoms with Crippen molar-refractivity contribution in [3.8, 4) is 0 Å². The molecule has 144 valence electrons. The van der Waals surface area contributed by atoms with Crippen LogP contribution in [-0.4, -0.2) is 52.7 Å². The van der Waals surface area contributed by atoms with E-state index in [4.69, 9.17) is 5.73 Å². The minimum absolute atomic E-state index is 0.105. The topological polar surface area (TPSA) is 95.7 Å². The molecular formula is C20H26N4O3. The Morgan fingerprint density at radius 1 is 1.22 bits per heavy atom. The molecule has 27 heavy (non-hydrogen) atoms. The lowest BCUT2D eigenvalue weighted by molar-refractivity contribution is -0.136. The molecule has 3 aliphatic rings. The summed E-state index contributed by atoms with van der Waals surface area (Å²) in [4.78, 5) is 40.6. The van der Waals surface area contributed by atoms with E-state index >= 15 is 0 Å². The van der Waals surface area contributed by atoms with Gasteiger partial charge in [-0.3, -0.25) is 24.6 Å². The van der Waals surface area contributed by atoms with Gasteiger partial charge in [-0.15, -0.1) is 0 Å². The van der Waals surface area contributed by atoms with Crippen LogP contribution in [-0.2, 0) is 22.7 Å². The van der Waals surface area contributed by atoms with Gasteiger partial charge in [-0.2, -0.15) is 0 Å². The Morgan fingerprint density at radius 3 is 2.74 bits per heavy atom. The molecule has 3 unspecified atom stereocenters. The minimum atomic E-state index is -0.569. The lowest BCUT2D eigenvalue weighted by atomic mass is 10.0. The number of nitrogens with one attached hydrogen (secondary N) is 1. The van der Waals surface area contributed by atoms with Crippen LogP contribution in [0.4, 0.5) is 0 Å². The zero-order chi connectivity index (χ0) is 19.1. The van der Waals surface area contributed by atoms with E-state index in [1.54, 1.807) is 4.90 Å². The molecule has 1 aromatic rings. The van der Waals surface area contributed by atoms with E-state index in [1.807, 2.05) is 18.2 Å². The number of rotatable bonds is 4. The highest BCUT2D eigenvalue weighted by atomic mass is 16.2. The van der Waals surface area contributed by atoms with Crippen LogP contribution in [0.2, 0.25) is 0 Å². The van der Waals surface area contributed by atoms with Gasteiger partial charge in [0.15, 0.2) is 0 Å². The zero-order valence-corrected chi connectivity index (χ0v) is 15.6.